The molecule has 2 rings (SSSR count). The molecule has 0 unspecified atom stereocenters. The van der Waals surface area contributed by atoms with Crippen LogP contribution in [0.15, 0.2) is 21.7 Å². The zero-order valence-electron chi connectivity index (χ0n) is 10.1. The first kappa shape index (κ1) is 14.3. The third-order valence-electron chi connectivity index (χ3n) is 2.77. The van der Waals surface area contributed by atoms with E-state index in [-0.39, 0.29) is 0 Å². The molecule has 1 saturated heterocycles. The van der Waals surface area contributed by atoms with Gasteiger partial charge in [-0.1, -0.05) is 6.07 Å². The van der Waals surface area contributed by atoms with E-state index in [0.717, 1.165) is 5.75 Å². The van der Waals surface area contributed by atoms with E-state index in [1.807, 2.05) is 11.8 Å². The quantitative estimate of drug-likeness (QED) is 0.782. The lowest BCUT2D eigenvalue weighted by molar-refractivity contribution is 0.506. The number of thioether (sulfide) groups is 1. The monoisotopic (exact) mass is 306 g/mol. The van der Waals surface area contributed by atoms with Crippen molar-refractivity contribution in [2.24, 2.45) is 0 Å². The van der Waals surface area contributed by atoms with Crippen LogP contribution in [0.4, 0.5) is 0 Å². The van der Waals surface area contributed by atoms with Crippen LogP contribution in [0, 0.1) is 0 Å². The second kappa shape index (κ2) is 6.91. The van der Waals surface area contributed by atoms with Crippen molar-refractivity contribution in [2.75, 3.05) is 24.6 Å². The Bertz CT molecular complexity index is 439. The number of nitrogens with one attached hydrogen (secondary N) is 2. The maximum absolute atomic E-state index is 11.8. The lowest BCUT2D eigenvalue weighted by Gasteiger charge is -2.22. The van der Waals surface area contributed by atoms with Crippen molar-refractivity contribution in [1.82, 2.24) is 10.0 Å². The van der Waals surface area contributed by atoms with Crippen molar-refractivity contribution < 1.29 is 8.42 Å². The molecule has 0 saturated carbocycles. The molecular weight excluding hydrogens is 288 g/mol. The molecular formula is C11H18N2O2S3. The van der Waals surface area contributed by atoms with E-state index in [1.54, 1.807) is 17.5 Å². The predicted molar refractivity (Wildman–Crippen MR) is 77.9 cm³/mol. The summed E-state index contributed by atoms with van der Waals surface area (Å²) in [6.07, 6.45) is 2.45. The molecule has 1 aromatic heterocycles. The normalized spacial score (nSPS) is 21.0. The van der Waals surface area contributed by atoms with E-state index in [0.29, 0.717) is 23.3 Å². The molecule has 0 aromatic carbocycles. The minimum absolute atomic E-state index is 0.385. The lowest BCUT2D eigenvalue weighted by atomic mass is 10.2. The van der Waals surface area contributed by atoms with Crippen LogP contribution in [0.1, 0.15) is 12.8 Å². The Morgan fingerprint density at radius 1 is 1.39 bits per heavy atom. The summed E-state index contributed by atoms with van der Waals surface area (Å²) in [6, 6.07) is 3.91. The predicted octanol–water partition coefficient (Wildman–Crippen LogP) is 1.51. The van der Waals surface area contributed by atoms with E-state index in [9.17, 15) is 8.42 Å². The molecule has 2 N–H and O–H groups in total. The van der Waals surface area contributed by atoms with Crippen molar-refractivity contribution >= 4 is 33.1 Å². The van der Waals surface area contributed by atoms with Crippen LogP contribution in [0.2, 0.25) is 0 Å². The van der Waals surface area contributed by atoms with Gasteiger partial charge in [0.25, 0.3) is 0 Å². The number of hydrogen-bond donors (Lipinski definition) is 2. The highest BCUT2D eigenvalue weighted by atomic mass is 32.2. The number of sulfonamides is 1. The summed E-state index contributed by atoms with van der Waals surface area (Å²) in [5.41, 5.74) is 0. The Labute approximate surface area is 117 Å². The minimum atomic E-state index is -3.30. The van der Waals surface area contributed by atoms with Crippen LogP contribution in [-0.2, 0) is 10.0 Å². The van der Waals surface area contributed by atoms with Crippen molar-refractivity contribution in [2.45, 2.75) is 23.1 Å². The zero-order valence-corrected chi connectivity index (χ0v) is 12.5. The Morgan fingerprint density at radius 2 is 2.28 bits per heavy atom. The van der Waals surface area contributed by atoms with Crippen molar-refractivity contribution in [1.29, 1.82) is 0 Å². The molecule has 0 amide bonds. The molecule has 102 valence electrons. The molecule has 1 aromatic rings. The van der Waals surface area contributed by atoms with Crippen LogP contribution >= 0.6 is 23.1 Å². The molecule has 0 spiro atoms. The average molecular weight is 306 g/mol. The molecule has 0 radical (unpaired) electrons. The SMILES string of the molecule is O=S(=O)(NCCN[C@H]1CCCSC1)c1cccs1. The summed E-state index contributed by atoms with van der Waals surface area (Å²) >= 11 is 3.21. The summed E-state index contributed by atoms with van der Waals surface area (Å²) in [4.78, 5) is 0. The molecule has 4 nitrogen and oxygen atoms in total. The molecule has 1 atom stereocenters. The second-order valence-electron chi connectivity index (χ2n) is 4.20. The standard InChI is InChI=1S/C11H18N2O2S3/c14-18(15,11-4-2-8-17-11)13-6-5-12-10-3-1-7-16-9-10/h2,4,8,10,12-13H,1,3,5-7,9H2/t10-/m0/s1. The summed E-state index contributed by atoms with van der Waals surface area (Å²) < 4.78 is 26.6. The van der Waals surface area contributed by atoms with Gasteiger partial charge in [-0.2, -0.15) is 11.8 Å². The topological polar surface area (TPSA) is 58.2 Å². The van der Waals surface area contributed by atoms with Crippen molar-refractivity contribution in [3.63, 3.8) is 0 Å². The van der Waals surface area contributed by atoms with Crippen LogP contribution in [0.3, 0.4) is 0 Å². The maximum Gasteiger partial charge on any atom is 0.250 e. The molecule has 2 heterocycles. The Kier molecular flexibility index (Phi) is 5.50. The third kappa shape index (κ3) is 4.24. The van der Waals surface area contributed by atoms with Gasteiger partial charge in [-0.05, 0) is 30.0 Å². The van der Waals surface area contributed by atoms with E-state index in [2.05, 4.69) is 10.0 Å². The zero-order chi connectivity index (χ0) is 12.8. The van der Waals surface area contributed by atoms with Gasteiger partial charge in [0.15, 0.2) is 0 Å². The highest BCUT2D eigenvalue weighted by Gasteiger charge is 2.15. The van der Waals surface area contributed by atoms with Crippen LogP contribution in [0.5, 0.6) is 0 Å². The van der Waals surface area contributed by atoms with Crippen LogP contribution < -0.4 is 10.0 Å². The van der Waals surface area contributed by atoms with Gasteiger partial charge in [0.2, 0.25) is 10.0 Å². The Morgan fingerprint density at radius 3 is 2.94 bits per heavy atom. The second-order valence-corrected chi connectivity index (χ2v) is 8.29. The van der Waals surface area contributed by atoms with Crippen molar-refractivity contribution in [3.8, 4) is 0 Å². The first-order valence-electron chi connectivity index (χ1n) is 6.03. The van der Waals surface area contributed by atoms with Gasteiger partial charge in [0, 0.05) is 24.9 Å². The van der Waals surface area contributed by atoms with E-state index in [4.69, 9.17) is 0 Å². The average Bonchev–Trinajstić information content (AvgIpc) is 2.91. The first-order chi connectivity index (χ1) is 8.68. The molecule has 1 fully saturated rings. The third-order valence-corrected chi connectivity index (χ3v) is 6.84. The smallest absolute Gasteiger partial charge is 0.250 e. The Balaban J connectivity index is 1.69. The van der Waals surface area contributed by atoms with E-state index >= 15 is 0 Å². The number of hydrogen-bond acceptors (Lipinski definition) is 5. The van der Waals surface area contributed by atoms with E-state index in [1.165, 1.54) is 29.9 Å². The van der Waals surface area contributed by atoms with Crippen molar-refractivity contribution in [3.05, 3.63) is 17.5 Å². The first-order valence-corrected chi connectivity index (χ1v) is 9.54. The highest BCUT2D eigenvalue weighted by molar-refractivity contribution is 7.99. The molecule has 1 aliphatic heterocycles. The van der Waals surface area contributed by atoms with Gasteiger partial charge in [0.1, 0.15) is 4.21 Å². The number of thiophene rings is 1. The fourth-order valence-corrected chi connectivity index (χ4v) is 5.03. The van der Waals surface area contributed by atoms with Gasteiger partial charge < -0.3 is 5.32 Å². The van der Waals surface area contributed by atoms with Gasteiger partial charge in [0.05, 0.1) is 0 Å². The van der Waals surface area contributed by atoms with E-state index < -0.39 is 10.0 Å². The van der Waals surface area contributed by atoms with Crippen LogP contribution in [-0.4, -0.2) is 39.1 Å². The van der Waals surface area contributed by atoms with Gasteiger partial charge >= 0.3 is 0 Å². The molecule has 7 heteroatoms. The number of rotatable bonds is 6. The molecule has 1 aliphatic rings. The summed E-state index contributed by atoms with van der Waals surface area (Å²) in [5, 5.41) is 5.16. The molecule has 0 aliphatic carbocycles. The van der Waals surface area contributed by atoms with Gasteiger partial charge in [-0.25, -0.2) is 13.1 Å². The summed E-state index contributed by atoms with van der Waals surface area (Å²) in [5.74, 6) is 2.39. The van der Waals surface area contributed by atoms with Gasteiger partial charge in [-0.15, -0.1) is 11.3 Å². The molecule has 0 bridgehead atoms. The van der Waals surface area contributed by atoms with Gasteiger partial charge in [-0.3, -0.25) is 0 Å². The largest absolute Gasteiger partial charge is 0.312 e. The lowest BCUT2D eigenvalue weighted by Crippen LogP contribution is -2.39. The Hall–Kier alpha value is -0.0800. The summed E-state index contributed by atoms with van der Waals surface area (Å²) in [6.45, 7) is 1.14. The summed E-state index contributed by atoms with van der Waals surface area (Å²) in [7, 11) is -3.30. The highest BCUT2D eigenvalue weighted by Crippen LogP contribution is 2.17. The maximum atomic E-state index is 11.8. The minimum Gasteiger partial charge on any atom is -0.312 e. The van der Waals surface area contributed by atoms with Crippen LogP contribution in [0.25, 0.3) is 0 Å². The molecule has 18 heavy (non-hydrogen) atoms. The fourth-order valence-electron chi connectivity index (χ4n) is 1.85. The fraction of sp³-hybridized carbons (Fsp3) is 0.636.